The molecule has 5 heteroatoms. The number of para-hydroxylation sites is 1. The molecule has 2 atom stereocenters. The molecule has 0 saturated heterocycles. The van der Waals surface area contributed by atoms with Gasteiger partial charge in [-0.2, -0.15) is 5.10 Å². The van der Waals surface area contributed by atoms with E-state index in [2.05, 4.69) is 41.5 Å². The minimum Gasteiger partial charge on any atom is -0.294 e. The van der Waals surface area contributed by atoms with E-state index in [4.69, 9.17) is 0 Å². The second-order valence-electron chi connectivity index (χ2n) is 8.56. The van der Waals surface area contributed by atoms with Crippen LogP contribution < -0.4 is 5.43 Å². The number of carbonyl (C=O) groups excluding carboxylic acids is 1. The van der Waals surface area contributed by atoms with Crippen molar-refractivity contribution in [3.8, 4) is 0 Å². The number of benzene rings is 2. The number of nitrogens with one attached hydrogen (secondary N) is 1. The quantitative estimate of drug-likeness (QED) is 0.225. The zero-order valence-electron chi connectivity index (χ0n) is 17.1. The fourth-order valence-electron chi connectivity index (χ4n) is 4.55. The molecule has 2 bridgehead atoms. The van der Waals surface area contributed by atoms with E-state index in [-0.39, 0.29) is 22.5 Å². The molecular weight excluding hydrogens is 360 g/mol. The van der Waals surface area contributed by atoms with Crippen LogP contribution in [0.25, 0.3) is 0 Å². The van der Waals surface area contributed by atoms with Crippen LogP contribution in [-0.2, 0) is 4.79 Å². The fourth-order valence-corrected chi connectivity index (χ4v) is 4.55. The molecule has 2 saturated carbocycles. The Balaban J connectivity index is 1.68. The number of hydrazone groups is 1. The van der Waals surface area contributed by atoms with E-state index in [1.807, 2.05) is 66.7 Å². The van der Waals surface area contributed by atoms with Gasteiger partial charge in [0, 0.05) is 11.0 Å². The lowest BCUT2D eigenvalue weighted by atomic mass is 9.70. The molecule has 1 N–H and O–H groups in total. The van der Waals surface area contributed by atoms with Crippen molar-refractivity contribution < 1.29 is 4.79 Å². The van der Waals surface area contributed by atoms with Crippen molar-refractivity contribution in [1.82, 2.24) is 0 Å². The van der Waals surface area contributed by atoms with Gasteiger partial charge in [0.2, 0.25) is 0 Å². The van der Waals surface area contributed by atoms with E-state index in [1.54, 1.807) is 0 Å². The van der Waals surface area contributed by atoms with Crippen LogP contribution >= 0.6 is 0 Å². The lowest BCUT2D eigenvalue weighted by Gasteiger charge is -2.31. The summed E-state index contributed by atoms with van der Waals surface area (Å²) in [5, 5.41) is 13.1. The van der Waals surface area contributed by atoms with Crippen LogP contribution in [0.3, 0.4) is 0 Å². The molecule has 0 aliphatic heterocycles. The maximum absolute atomic E-state index is 13.2. The van der Waals surface area contributed by atoms with E-state index in [0.717, 1.165) is 29.8 Å². The molecule has 148 valence electrons. The first-order valence-corrected chi connectivity index (χ1v) is 10.0. The van der Waals surface area contributed by atoms with Gasteiger partial charge >= 0.3 is 0 Å². The highest BCUT2D eigenvalue weighted by atomic mass is 16.1. The van der Waals surface area contributed by atoms with Crippen molar-refractivity contribution >= 4 is 23.0 Å². The van der Waals surface area contributed by atoms with E-state index < -0.39 is 0 Å². The van der Waals surface area contributed by atoms with Gasteiger partial charge in [0.05, 0.1) is 11.4 Å². The van der Waals surface area contributed by atoms with Crippen molar-refractivity contribution in [3.05, 3.63) is 72.3 Å². The molecule has 0 unspecified atom stereocenters. The van der Waals surface area contributed by atoms with Gasteiger partial charge in [0.15, 0.2) is 11.6 Å². The SMILES string of the molecule is CC1(C)[C@@H]2CC[C@]1(C)C(=O)/C2=C\C(N=Nc1ccccc1)=N\Nc1ccccc1. The predicted molar refractivity (Wildman–Crippen MR) is 116 cm³/mol. The summed E-state index contributed by atoms with van der Waals surface area (Å²) in [6, 6.07) is 19.2. The summed E-state index contributed by atoms with van der Waals surface area (Å²) in [5.41, 5.74) is 5.08. The number of hydrogen-bond donors (Lipinski definition) is 1. The van der Waals surface area contributed by atoms with Crippen LogP contribution in [0.15, 0.2) is 87.6 Å². The van der Waals surface area contributed by atoms with Crippen LogP contribution in [0.4, 0.5) is 11.4 Å². The highest BCUT2D eigenvalue weighted by Gasteiger charge is 2.63. The molecular formula is C24H26N4O. The Labute approximate surface area is 171 Å². The Morgan fingerprint density at radius 1 is 1.03 bits per heavy atom. The first-order valence-electron chi connectivity index (χ1n) is 10.0. The third kappa shape index (κ3) is 3.41. The van der Waals surface area contributed by atoms with Crippen molar-refractivity contribution in [2.75, 3.05) is 5.43 Å². The van der Waals surface area contributed by atoms with Gasteiger partial charge in [0.25, 0.3) is 0 Å². The first kappa shape index (κ1) is 19.2. The standard InChI is InChI=1S/C24H26N4O/c1-23(2)20-14-15-24(23,3)22(29)19(20)16-21(27-25-17-10-6-4-7-11-17)28-26-18-12-8-5-9-13-18/h4-13,16,20,25H,14-15H2,1-3H3/b19-16-,27-21-,28-26?/t20-,24-/m1/s1. The highest BCUT2D eigenvalue weighted by Crippen LogP contribution is 2.65. The van der Waals surface area contributed by atoms with Gasteiger partial charge in [-0.05, 0) is 54.5 Å². The minimum atomic E-state index is -0.307. The Bertz CT molecular complexity index is 992. The van der Waals surface area contributed by atoms with Gasteiger partial charge in [-0.3, -0.25) is 10.2 Å². The number of azo groups is 1. The summed E-state index contributed by atoms with van der Waals surface area (Å²) >= 11 is 0. The Hall–Kier alpha value is -3.08. The minimum absolute atomic E-state index is 0.0511. The third-order valence-corrected chi connectivity index (χ3v) is 6.75. The first-order chi connectivity index (χ1) is 13.9. The Morgan fingerprint density at radius 3 is 2.31 bits per heavy atom. The van der Waals surface area contributed by atoms with E-state index >= 15 is 0 Å². The third-order valence-electron chi connectivity index (χ3n) is 6.75. The summed E-state index contributed by atoms with van der Waals surface area (Å²) in [6.07, 6.45) is 3.79. The summed E-state index contributed by atoms with van der Waals surface area (Å²) in [6.45, 7) is 6.50. The molecule has 2 aromatic rings. The molecule has 29 heavy (non-hydrogen) atoms. The number of rotatable bonds is 4. The molecule has 2 aliphatic carbocycles. The van der Waals surface area contributed by atoms with Gasteiger partial charge in [-0.25, -0.2) is 0 Å². The summed E-state index contributed by atoms with van der Waals surface area (Å²) in [4.78, 5) is 13.2. The second kappa shape index (κ2) is 7.39. The van der Waals surface area contributed by atoms with Gasteiger partial charge in [-0.1, -0.05) is 57.2 Å². The maximum atomic E-state index is 13.2. The van der Waals surface area contributed by atoms with Gasteiger partial charge in [-0.15, -0.1) is 10.2 Å². The molecule has 2 fully saturated rings. The molecule has 2 aromatic carbocycles. The molecule has 2 aliphatic rings. The molecule has 0 spiro atoms. The lowest BCUT2D eigenvalue weighted by molar-refractivity contribution is -0.125. The van der Waals surface area contributed by atoms with Crippen LogP contribution in [0.5, 0.6) is 0 Å². The number of nitrogens with zero attached hydrogens (tertiary/aromatic N) is 3. The highest BCUT2D eigenvalue weighted by molar-refractivity contribution is 6.10. The van der Waals surface area contributed by atoms with E-state index in [1.165, 1.54) is 0 Å². The van der Waals surface area contributed by atoms with Crippen LogP contribution in [0.2, 0.25) is 0 Å². The number of fused-ring (bicyclic) bond motifs is 2. The summed E-state index contributed by atoms with van der Waals surface area (Å²) in [7, 11) is 0. The normalized spacial score (nSPS) is 27.1. The predicted octanol–water partition coefficient (Wildman–Crippen LogP) is 6.15. The number of hydrogen-bond acceptors (Lipinski definition) is 4. The van der Waals surface area contributed by atoms with Crippen molar-refractivity contribution in [2.24, 2.45) is 32.1 Å². The number of ketones is 1. The fraction of sp³-hybridized carbons (Fsp3) is 0.333. The maximum Gasteiger partial charge on any atom is 0.194 e. The average molecular weight is 386 g/mol. The van der Waals surface area contributed by atoms with Crippen molar-refractivity contribution in [1.29, 1.82) is 0 Å². The molecule has 5 nitrogen and oxygen atoms in total. The van der Waals surface area contributed by atoms with Crippen molar-refractivity contribution in [3.63, 3.8) is 0 Å². The summed E-state index contributed by atoms with van der Waals surface area (Å²) in [5.74, 6) is 0.850. The molecule has 0 heterocycles. The number of anilines is 1. The number of Topliss-reactive ketones (excluding diaryl/α,β-unsaturated/α-hetero) is 1. The Morgan fingerprint density at radius 2 is 1.69 bits per heavy atom. The molecule has 0 amide bonds. The number of amidine groups is 1. The van der Waals surface area contributed by atoms with Crippen LogP contribution in [-0.4, -0.2) is 11.6 Å². The monoisotopic (exact) mass is 386 g/mol. The van der Waals surface area contributed by atoms with Crippen molar-refractivity contribution in [2.45, 2.75) is 33.6 Å². The molecule has 0 radical (unpaired) electrons. The smallest absolute Gasteiger partial charge is 0.194 e. The number of carbonyl (C=O) groups is 1. The van der Waals surface area contributed by atoms with Crippen LogP contribution in [0.1, 0.15) is 33.6 Å². The lowest BCUT2D eigenvalue weighted by Crippen LogP contribution is -2.32. The Kier molecular flexibility index (Phi) is 4.91. The average Bonchev–Trinajstić information content (AvgIpc) is 3.05. The zero-order valence-corrected chi connectivity index (χ0v) is 17.1. The van der Waals surface area contributed by atoms with Crippen LogP contribution in [0, 0.1) is 16.7 Å². The van der Waals surface area contributed by atoms with Gasteiger partial charge < -0.3 is 0 Å². The zero-order chi connectivity index (χ0) is 20.5. The van der Waals surface area contributed by atoms with E-state index in [9.17, 15) is 4.79 Å². The molecule has 4 rings (SSSR count). The van der Waals surface area contributed by atoms with E-state index in [0.29, 0.717) is 5.84 Å². The largest absolute Gasteiger partial charge is 0.294 e. The molecule has 0 aromatic heterocycles. The topological polar surface area (TPSA) is 66.2 Å². The summed E-state index contributed by atoms with van der Waals surface area (Å²) < 4.78 is 0. The number of allylic oxidation sites excluding steroid dienone is 1. The van der Waals surface area contributed by atoms with Gasteiger partial charge in [0.1, 0.15) is 0 Å². The second-order valence-corrected chi connectivity index (χ2v) is 8.56.